The predicted octanol–water partition coefficient (Wildman–Crippen LogP) is 3.54. The fourth-order valence-electron chi connectivity index (χ4n) is 1.13. The van der Waals surface area contributed by atoms with Gasteiger partial charge in [0.25, 0.3) is 0 Å². The Morgan fingerprint density at radius 1 is 0.750 bits per heavy atom. The molecule has 1 aromatic carbocycles. The molecule has 0 aliphatic heterocycles. The molecule has 12 heavy (non-hydrogen) atoms. The molecule has 0 atom stereocenters. The van der Waals surface area contributed by atoms with Crippen LogP contribution in [0.5, 0.6) is 0 Å². The van der Waals surface area contributed by atoms with Gasteiger partial charge in [-0.1, -0.05) is 27.7 Å². The summed E-state index contributed by atoms with van der Waals surface area (Å²) in [5.41, 5.74) is 5.75. The van der Waals surface area contributed by atoms with Crippen LogP contribution in [0.2, 0.25) is 0 Å². The fraction of sp³-hybridized carbons (Fsp3) is 0.364. The standard InChI is InChI=1S/C9H13.2CH3.Hf/c1-6-5-7(2)9(4)8(6)3;;;/h5H,1-4H3;2*1H3;/q3*-1;. The summed E-state index contributed by atoms with van der Waals surface area (Å²) in [4.78, 5) is 0. The second kappa shape index (κ2) is 6.71. The molecule has 1 rings (SSSR count). The van der Waals surface area contributed by atoms with Crippen molar-refractivity contribution >= 4 is 0 Å². The Kier molecular flexibility index (Phi) is 10.1. The predicted molar refractivity (Wildman–Crippen MR) is 53.8 cm³/mol. The van der Waals surface area contributed by atoms with E-state index in [4.69, 9.17) is 0 Å². The third-order valence-corrected chi connectivity index (χ3v) is 2.18. The average molecular weight is 330 g/mol. The summed E-state index contributed by atoms with van der Waals surface area (Å²) >= 11 is 0. The van der Waals surface area contributed by atoms with Crippen molar-refractivity contribution < 1.29 is 25.8 Å². The van der Waals surface area contributed by atoms with Gasteiger partial charge in [-0.15, -0.1) is 0 Å². The summed E-state index contributed by atoms with van der Waals surface area (Å²) in [7, 11) is 0. The molecule has 1 aromatic rings. The van der Waals surface area contributed by atoms with E-state index in [2.05, 4.69) is 33.8 Å². The molecule has 0 aliphatic carbocycles. The van der Waals surface area contributed by atoms with Crippen LogP contribution in [-0.4, -0.2) is 0 Å². The van der Waals surface area contributed by atoms with Crippen molar-refractivity contribution in [1.29, 1.82) is 0 Å². The van der Waals surface area contributed by atoms with Crippen LogP contribution >= 0.6 is 0 Å². The van der Waals surface area contributed by atoms with Gasteiger partial charge >= 0.3 is 0 Å². The molecule has 70 valence electrons. The van der Waals surface area contributed by atoms with Crippen molar-refractivity contribution in [2.24, 2.45) is 0 Å². The summed E-state index contributed by atoms with van der Waals surface area (Å²) in [6.45, 7) is 8.68. The van der Waals surface area contributed by atoms with E-state index in [0.29, 0.717) is 0 Å². The van der Waals surface area contributed by atoms with E-state index in [-0.39, 0.29) is 40.7 Å². The average Bonchev–Trinajstić information content (AvgIpc) is 1.98. The monoisotopic (exact) mass is 331 g/mol. The molecule has 0 saturated heterocycles. The molecule has 0 N–H and O–H groups in total. The normalized spacial score (nSPS) is 7.67. The van der Waals surface area contributed by atoms with Crippen molar-refractivity contribution in [2.75, 3.05) is 0 Å². The first kappa shape index (κ1) is 18.1. The van der Waals surface area contributed by atoms with Gasteiger partial charge in [0.2, 0.25) is 0 Å². The second-order valence-corrected chi connectivity index (χ2v) is 2.76. The summed E-state index contributed by atoms with van der Waals surface area (Å²) < 4.78 is 0. The van der Waals surface area contributed by atoms with E-state index in [0.717, 1.165) is 0 Å². The van der Waals surface area contributed by atoms with Gasteiger partial charge in [0.05, 0.1) is 0 Å². The van der Waals surface area contributed by atoms with Gasteiger partial charge in [-0.25, -0.2) is 0 Å². The summed E-state index contributed by atoms with van der Waals surface area (Å²) in [6, 6.07) is 2.24. The minimum atomic E-state index is 0. The maximum Gasteiger partial charge on any atom is 0 e. The van der Waals surface area contributed by atoms with E-state index in [9.17, 15) is 0 Å². The zero-order valence-electron chi connectivity index (χ0n) is 9.08. The number of aryl methyl sites for hydroxylation is 2. The largest absolute Gasteiger partial charge is 0.358 e. The minimum Gasteiger partial charge on any atom is -0.358 e. The van der Waals surface area contributed by atoms with Crippen molar-refractivity contribution in [1.82, 2.24) is 0 Å². The molecule has 1 heteroatoms. The van der Waals surface area contributed by atoms with Gasteiger partial charge in [-0.2, -0.15) is 28.3 Å². The Hall–Kier alpha value is 0.220. The van der Waals surface area contributed by atoms with Crippen molar-refractivity contribution in [3.05, 3.63) is 43.2 Å². The molecule has 0 spiro atoms. The third kappa shape index (κ3) is 3.30. The molecule has 0 saturated carbocycles. The van der Waals surface area contributed by atoms with E-state index >= 15 is 0 Å². The molecular formula is C11H19Hf-3. The molecule has 0 fully saturated rings. The number of hydrogen-bond acceptors (Lipinski definition) is 0. The maximum absolute atomic E-state index is 2.24. The van der Waals surface area contributed by atoms with Gasteiger partial charge in [0, 0.05) is 25.8 Å². The van der Waals surface area contributed by atoms with Crippen molar-refractivity contribution in [3.8, 4) is 0 Å². The van der Waals surface area contributed by atoms with Crippen LogP contribution < -0.4 is 0 Å². The molecule has 0 heterocycles. The SMILES string of the molecule is Cc1[cH-]c(C)c(C)c1C.[CH3-].[CH3-].[Hf]. The third-order valence-electron chi connectivity index (χ3n) is 2.18. The van der Waals surface area contributed by atoms with E-state index in [1.807, 2.05) is 0 Å². The first-order valence-electron chi connectivity index (χ1n) is 3.33. The van der Waals surface area contributed by atoms with Crippen molar-refractivity contribution in [3.63, 3.8) is 0 Å². The Morgan fingerprint density at radius 3 is 1.08 bits per heavy atom. The summed E-state index contributed by atoms with van der Waals surface area (Å²) in [5, 5.41) is 0. The van der Waals surface area contributed by atoms with Gasteiger partial charge < -0.3 is 14.9 Å². The van der Waals surface area contributed by atoms with Crippen LogP contribution in [0.1, 0.15) is 22.3 Å². The van der Waals surface area contributed by atoms with E-state index < -0.39 is 0 Å². The van der Waals surface area contributed by atoms with E-state index in [1.54, 1.807) is 0 Å². The molecule has 0 amide bonds. The Morgan fingerprint density at radius 2 is 1.00 bits per heavy atom. The first-order chi connectivity index (χ1) is 4.13. The molecule has 0 bridgehead atoms. The summed E-state index contributed by atoms with van der Waals surface area (Å²) in [6.07, 6.45) is 0. The minimum absolute atomic E-state index is 0. The first-order valence-corrected chi connectivity index (χ1v) is 3.33. The zero-order chi connectivity index (χ0) is 7.02. The Labute approximate surface area is 96.5 Å². The second-order valence-electron chi connectivity index (χ2n) is 2.76. The van der Waals surface area contributed by atoms with Gasteiger partial charge in [-0.05, 0) is 0 Å². The zero-order valence-corrected chi connectivity index (χ0v) is 12.7. The van der Waals surface area contributed by atoms with Gasteiger partial charge in [-0.3, -0.25) is 0 Å². The van der Waals surface area contributed by atoms with Crippen LogP contribution in [-0.2, 0) is 25.8 Å². The van der Waals surface area contributed by atoms with Crippen LogP contribution in [0, 0.1) is 42.5 Å². The van der Waals surface area contributed by atoms with Crippen molar-refractivity contribution in [2.45, 2.75) is 27.7 Å². The van der Waals surface area contributed by atoms with E-state index in [1.165, 1.54) is 22.3 Å². The van der Waals surface area contributed by atoms with Crippen LogP contribution in [0.15, 0.2) is 6.07 Å². The topological polar surface area (TPSA) is 0 Å². The molecular weight excluding hydrogens is 311 g/mol. The fourth-order valence-corrected chi connectivity index (χ4v) is 1.13. The quantitative estimate of drug-likeness (QED) is 0.504. The Bertz CT molecular complexity index is 199. The molecule has 0 aromatic heterocycles. The van der Waals surface area contributed by atoms with Gasteiger partial charge in [0.15, 0.2) is 0 Å². The summed E-state index contributed by atoms with van der Waals surface area (Å²) in [5.74, 6) is 0. The molecule has 0 aliphatic rings. The van der Waals surface area contributed by atoms with Crippen LogP contribution in [0.3, 0.4) is 0 Å². The molecule has 0 unspecified atom stereocenters. The number of hydrogen-bond donors (Lipinski definition) is 0. The Balaban J connectivity index is -0.000000270. The molecule has 0 radical (unpaired) electrons. The maximum atomic E-state index is 2.24. The van der Waals surface area contributed by atoms with Gasteiger partial charge in [0.1, 0.15) is 0 Å². The number of rotatable bonds is 0. The molecule has 0 nitrogen and oxygen atoms in total. The van der Waals surface area contributed by atoms with Crippen LogP contribution in [0.4, 0.5) is 0 Å². The van der Waals surface area contributed by atoms with Crippen LogP contribution in [0.25, 0.3) is 0 Å². The smallest absolute Gasteiger partial charge is 0 e.